The highest BCUT2D eigenvalue weighted by molar-refractivity contribution is 5.94. The van der Waals surface area contributed by atoms with E-state index in [1.54, 1.807) is 32.2 Å². The van der Waals surface area contributed by atoms with Crippen molar-refractivity contribution in [2.24, 2.45) is 0 Å². The average molecular weight is 322 g/mol. The number of hydrogen-bond acceptors (Lipinski definition) is 3. The average Bonchev–Trinajstić information content (AvgIpc) is 2.83. The second-order valence-electron chi connectivity index (χ2n) is 5.95. The molecule has 1 N–H and O–H groups in total. The Morgan fingerprint density at radius 2 is 2.17 bits per heavy atom. The molecular weight excluding hydrogens is 299 g/mol. The van der Waals surface area contributed by atoms with Crippen molar-refractivity contribution >= 4 is 11.8 Å². The van der Waals surface area contributed by atoms with E-state index in [0.29, 0.717) is 38.0 Å². The molecule has 126 valence electrons. The number of benzene rings is 1. The van der Waals surface area contributed by atoms with Crippen molar-refractivity contribution in [3.05, 3.63) is 35.6 Å². The quantitative estimate of drug-likeness (QED) is 0.780. The van der Waals surface area contributed by atoms with Gasteiger partial charge in [-0.25, -0.2) is 4.39 Å². The molecule has 1 unspecified atom stereocenters. The fraction of sp³-hybridized carbons (Fsp3) is 0.529. The third kappa shape index (κ3) is 3.88. The summed E-state index contributed by atoms with van der Waals surface area (Å²) in [6, 6.07) is 6.32. The normalized spacial score (nSPS) is 20.8. The van der Waals surface area contributed by atoms with Gasteiger partial charge in [-0.3, -0.25) is 9.59 Å². The lowest BCUT2D eigenvalue weighted by atomic mass is 9.97. The molecule has 1 aromatic carbocycles. The largest absolute Gasteiger partial charge is 0.385 e. The van der Waals surface area contributed by atoms with Crippen molar-refractivity contribution in [2.45, 2.75) is 38.3 Å². The summed E-state index contributed by atoms with van der Waals surface area (Å²) in [5.74, 6) is -0.686. The van der Waals surface area contributed by atoms with Gasteiger partial charge >= 0.3 is 0 Å². The SMILES string of the molecule is COCCCNC(=O)C1(C)CCC(=O)N1Cc1ccccc1F. The summed E-state index contributed by atoms with van der Waals surface area (Å²) in [5, 5.41) is 2.84. The maximum Gasteiger partial charge on any atom is 0.245 e. The maximum atomic E-state index is 13.9. The molecule has 1 aliphatic heterocycles. The molecule has 0 bridgehead atoms. The van der Waals surface area contributed by atoms with Crippen LogP contribution in [0.4, 0.5) is 4.39 Å². The molecule has 0 aliphatic carbocycles. The number of methoxy groups -OCH3 is 1. The Kier molecular flexibility index (Phi) is 5.71. The molecule has 1 aromatic rings. The molecule has 1 aliphatic rings. The van der Waals surface area contributed by atoms with Crippen LogP contribution in [0.1, 0.15) is 31.7 Å². The van der Waals surface area contributed by atoms with Gasteiger partial charge in [0.15, 0.2) is 0 Å². The molecule has 5 nitrogen and oxygen atoms in total. The Morgan fingerprint density at radius 1 is 1.43 bits per heavy atom. The van der Waals surface area contributed by atoms with Crippen molar-refractivity contribution in [2.75, 3.05) is 20.3 Å². The molecule has 2 amide bonds. The molecule has 0 spiro atoms. The Bertz CT molecular complexity index is 579. The van der Waals surface area contributed by atoms with E-state index in [1.165, 1.54) is 11.0 Å². The molecule has 0 aromatic heterocycles. The van der Waals surface area contributed by atoms with Crippen LogP contribution in [0.15, 0.2) is 24.3 Å². The first kappa shape index (κ1) is 17.4. The first-order chi connectivity index (χ1) is 11.0. The number of ether oxygens (including phenoxy) is 1. The number of amides is 2. The zero-order valence-electron chi connectivity index (χ0n) is 13.6. The van der Waals surface area contributed by atoms with E-state index < -0.39 is 5.54 Å². The fourth-order valence-corrected chi connectivity index (χ4v) is 2.80. The van der Waals surface area contributed by atoms with Gasteiger partial charge in [0.2, 0.25) is 11.8 Å². The Balaban J connectivity index is 2.08. The third-order valence-corrected chi connectivity index (χ3v) is 4.31. The van der Waals surface area contributed by atoms with E-state index in [-0.39, 0.29) is 24.2 Å². The Hall–Kier alpha value is -1.95. The summed E-state index contributed by atoms with van der Waals surface area (Å²) >= 11 is 0. The number of nitrogens with one attached hydrogen (secondary N) is 1. The smallest absolute Gasteiger partial charge is 0.245 e. The van der Waals surface area contributed by atoms with Crippen molar-refractivity contribution in [1.82, 2.24) is 10.2 Å². The molecule has 1 saturated heterocycles. The van der Waals surface area contributed by atoms with Gasteiger partial charge in [0.25, 0.3) is 0 Å². The van der Waals surface area contributed by atoms with Gasteiger partial charge in [0.05, 0.1) is 0 Å². The van der Waals surface area contributed by atoms with Crippen LogP contribution in [0.25, 0.3) is 0 Å². The molecule has 1 fully saturated rings. The molecule has 1 heterocycles. The Labute approximate surface area is 135 Å². The molecule has 1 atom stereocenters. The number of carbonyl (C=O) groups is 2. The van der Waals surface area contributed by atoms with E-state index in [9.17, 15) is 14.0 Å². The van der Waals surface area contributed by atoms with Gasteiger partial charge in [-0.15, -0.1) is 0 Å². The fourth-order valence-electron chi connectivity index (χ4n) is 2.80. The molecule has 0 radical (unpaired) electrons. The third-order valence-electron chi connectivity index (χ3n) is 4.31. The second kappa shape index (κ2) is 7.55. The van der Waals surface area contributed by atoms with Crippen molar-refractivity contribution < 1.29 is 18.7 Å². The number of halogens is 1. The van der Waals surface area contributed by atoms with Gasteiger partial charge < -0.3 is 15.0 Å². The van der Waals surface area contributed by atoms with E-state index in [0.717, 1.165) is 0 Å². The topological polar surface area (TPSA) is 58.6 Å². The van der Waals surface area contributed by atoms with E-state index in [1.807, 2.05) is 0 Å². The van der Waals surface area contributed by atoms with E-state index in [2.05, 4.69) is 5.32 Å². The molecule has 6 heteroatoms. The van der Waals surface area contributed by atoms with Gasteiger partial charge in [-0.1, -0.05) is 18.2 Å². The lowest BCUT2D eigenvalue weighted by molar-refractivity contribution is -0.141. The zero-order valence-corrected chi connectivity index (χ0v) is 13.6. The van der Waals surface area contributed by atoms with Gasteiger partial charge in [-0.2, -0.15) is 0 Å². The van der Waals surface area contributed by atoms with Crippen LogP contribution in [0.5, 0.6) is 0 Å². The highest BCUT2D eigenvalue weighted by Gasteiger charge is 2.47. The van der Waals surface area contributed by atoms with Gasteiger partial charge in [0.1, 0.15) is 11.4 Å². The van der Waals surface area contributed by atoms with Crippen LogP contribution >= 0.6 is 0 Å². The number of nitrogens with zero attached hydrogens (tertiary/aromatic N) is 1. The number of carbonyl (C=O) groups excluding carboxylic acids is 2. The molecular formula is C17H23FN2O3. The lowest BCUT2D eigenvalue weighted by Crippen LogP contribution is -2.54. The summed E-state index contributed by atoms with van der Waals surface area (Å²) in [5.41, 5.74) is -0.520. The number of likely N-dealkylation sites (tertiary alicyclic amines) is 1. The maximum absolute atomic E-state index is 13.9. The highest BCUT2D eigenvalue weighted by atomic mass is 19.1. The summed E-state index contributed by atoms with van der Waals surface area (Å²) in [6.07, 6.45) is 1.45. The van der Waals surface area contributed by atoms with Crippen molar-refractivity contribution in [3.63, 3.8) is 0 Å². The van der Waals surface area contributed by atoms with Crippen molar-refractivity contribution in [1.29, 1.82) is 0 Å². The van der Waals surface area contributed by atoms with Crippen LogP contribution in [0, 0.1) is 5.82 Å². The zero-order chi connectivity index (χ0) is 16.9. The van der Waals surface area contributed by atoms with Crippen LogP contribution < -0.4 is 5.32 Å². The first-order valence-corrected chi connectivity index (χ1v) is 7.80. The van der Waals surface area contributed by atoms with Crippen molar-refractivity contribution in [3.8, 4) is 0 Å². The molecule has 2 rings (SSSR count). The minimum atomic E-state index is -0.938. The second-order valence-corrected chi connectivity index (χ2v) is 5.95. The standard InChI is InChI=1S/C17H23FN2O3/c1-17(16(22)19-10-5-11-23-2)9-8-15(21)20(17)12-13-6-3-4-7-14(13)18/h3-4,6-7H,5,8-12H2,1-2H3,(H,19,22). The molecule has 0 saturated carbocycles. The van der Waals surface area contributed by atoms with Gasteiger partial charge in [0, 0.05) is 38.8 Å². The van der Waals surface area contributed by atoms with Crippen LogP contribution in [-0.4, -0.2) is 42.5 Å². The summed E-state index contributed by atoms with van der Waals surface area (Å²) < 4.78 is 18.8. The summed E-state index contributed by atoms with van der Waals surface area (Å²) in [6.45, 7) is 2.90. The minimum absolute atomic E-state index is 0.105. The van der Waals surface area contributed by atoms with E-state index in [4.69, 9.17) is 4.74 Å². The summed E-state index contributed by atoms with van der Waals surface area (Å²) in [4.78, 5) is 26.2. The van der Waals surface area contributed by atoms with Gasteiger partial charge in [-0.05, 0) is 25.8 Å². The monoisotopic (exact) mass is 322 g/mol. The minimum Gasteiger partial charge on any atom is -0.385 e. The highest BCUT2D eigenvalue weighted by Crippen LogP contribution is 2.32. The molecule has 23 heavy (non-hydrogen) atoms. The van der Waals surface area contributed by atoms with Crippen LogP contribution in [0.3, 0.4) is 0 Å². The lowest BCUT2D eigenvalue weighted by Gasteiger charge is -2.34. The number of rotatable bonds is 7. The number of hydrogen-bond donors (Lipinski definition) is 1. The predicted molar refractivity (Wildman–Crippen MR) is 84.1 cm³/mol. The first-order valence-electron chi connectivity index (χ1n) is 7.80. The van der Waals surface area contributed by atoms with E-state index >= 15 is 0 Å². The van der Waals surface area contributed by atoms with Crippen LogP contribution in [-0.2, 0) is 20.9 Å². The summed E-state index contributed by atoms with van der Waals surface area (Å²) in [7, 11) is 1.61. The van der Waals surface area contributed by atoms with Crippen LogP contribution in [0.2, 0.25) is 0 Å². The predicted octanol–water partition coefficient (Wildman–Crippen LogP) is 1.86. The Morgan fingerprint density at radius 3 is 2.87 bits per heavy atom.